The van der Waals surface area contributed by atoms with E-state index in [0.29, 0.717) is 0 Å². The average molecular weight is 447 g/mol. The predicted octanol–water partition coefficient (Wildman–Crippen LogP) is 3.39. The Morgan fingerprint density at radius 3 is 1.94 bits per heavy atom. The van der Waals surface area contributed by atoms with Crippen LogP contribution in [0.4, 0.5) is 0 Å². The Labute approximate surface area is 196 Å². The van der Waals surface area contributed by atoms with E-state index >= 15 is 0 Å². The molecular weight excluding hydrogens is 404 g/mol. The minimum Gasteiger partial charge on any atom is -1.00 e. The first-order chi connectivity index (χ1) is 14.7. The normalized spacial score (nSPS) is 11.0. The van der Waals surface area contributed by atoms with E-state index in [9.17, 15) is 0 Å². The summed E-state index contributed by atoms with van der Waals surface area (Å²) in [6.45, 7) is 9.61. The molecule has 0 aliphatic heterocycles. The molecular formula is C27H43ClN2O. The summed E-state index contributed by atoms with van der Waals surface area (Å²) in [7, 11) is 0. The van der Waals surface area contributed by atoms with Gasteiger partial charge in [0.15, 0.2) is 0 Å². The van der Waals surface area contributed by atoms with Gasteiger partial charge in [-0.15, -0.1) is 0 Å². The Balaban J connectivity index is 0.00000480. The monoisotopic (exact) mass is 446 g/mol. The number of benzene rings is 2. The minimum absolute atomic E-state index is 0. The Bertz CT molecular complexity index is 752. The third-order valence-corrected chi connectivity index (χ3v) is 5.93. The van der Waals surface area contributed by atoms with Crippen molar-refractivity contribution in [3.8, 4) is 5.75 Å². The molecule has 2 aromatic rings. The number of amidine groups is 1. The molecule has 0 aliphatic carbocycles. The number of unbranched alkanes of at least 4 members (excludes halogenated alkanes) is 7. The fraction of sp³-hybridized carbons (Fsp3) is 0.593. The number of fused-ring (bicyclic) bond motifs is 1. The molecule has 0 bridgehead atoms. The Morgan fingerprint density at radius 2 is 1.32 bits per heavy atom. The molecule has 2 rings (SSSR count). The van der Waals surface area contributed by atoms with Gasteiger partial charge in [0.1, 0.15) is 5.75 Å². The number of hydrogen-bond acceptors (Lipinski definition) is 2. The summed E-state index contributed by atoms with van der Waals surface area (Å²) in [4.78, 5) is 1.33. The number of nitrogens with one attached hydrogen (secondary N) is 2. The molecule has 0 aromatic heterocycles. The van der Waals surface area contributed by atoms with Crippen molar-refractivity contribution in [1.82, 2.24) is 0 Å². The second kappa shape index (κ2) is 16.1. The summed E-state index contributed by atoms with van der Waals surface area (Å²) >= 11 is 0. The highest BCUT2D eigenvalue weighted by molar-refractivity contribution is 6.06. The Hall–Kier alpha value is -1.58. The third kappa shape index (κ3) is 8.82. The number of halogens is 1. The van der Waals surface area contributed by atoms with Crippen LogP contribution in [0.1, 0.15) is 90.5 Å². The minimum atomic E-state index is 0. The van der Waals surface area contributed by atoms with Gasteiger partial charge in [-0.2, -0.15) is 0 Å². The molecule has 0 atom stereocenters. The van der Waals surface area contributed by atoms with Gasteiger partial charge in [0.25, 0.3) is 0 Å². The van der Waals surface area contributed by atoms with Crippen molar-refractivity contribution in [2.45, 2.75) is 85.0 Å². The summed E-state index contributed by atoms with van der Waals surface area (Å²) < 4.78 is 6.14. The zero-order chi connectivity index (χ0) is 21.6. The summed E-state index contributed by atoms with van der Waals surface area (Å²) in [6, 6.07) is 12.7. The highest BCUT2D eigenvalue weighted by atomic mass is 35.5. The van der Waals surface area contributed by atoms with Crippen LogP contribution in [0, 0.1) is 5.41 Å². The second-order valence-corrected chi connectivity index (χ2v) is 8.46. The van der Waals surface area contributed by atoms with Crippen LogP contribution in [-0.4, -0.2) is 25.5 Å². The maximum absolute atomic E-state index is 9.05. The molecule has 0 spiro atoms. The number of ether oxygens (including phenoxy) is 1. The first kappa shape index (κ1) is 27.5. The van der Waals surface area contributed by atoms with Gasteiger partial charge in [-0.25, -0.2) is 0 Å². The summed E-state index contributed by atoms with van der Waals surface area (Å²) in [6.07, 6.45) is 12.2. The standard InChI is InChI=1S/C27H42N2O.ClH/c1-4-7-10-15-22-30-26-19-18-25(23-16-11-12-17-24(23)26)27(28)29(20-13-8-5-2)21-14-9-6-3;/h11-12,16-19,28H,4-10,13-15,20-22H2,1-3H3;1H. The molecule has 3 nitrogen and oxygen atoms in total. The van der Waals surface area contributed by atoms with Gasteiger partial charge in [0, 0.05) is 10.8 Å². The van der Waals surface area contributed by atoms with Gasteiger partial charge in [-0.1, -0.05) is 77.1 Å². The summed E-state index contributed by atoms with van der Waals surface area (Å²) in [5.41, 5.74) is 1.06. The second-order valence-electron chi connectivity index (χ2n) is 8.46. The van der Waals surface area contributed by atoms with Crippen molar-refractivity contribution in [3.05, 3.63) is 42.0 Å². The lowest BCUT2D eigenvalue weighted by atomic mass is 10.0. The predicted molar refractivity (Wildman–Crippen MR) is 130 cm³/mol. The van der Waals surface area contributed by atoms with Gasteiger partial charge in [0.2, 0.25) is 5.84 Å². The number of quaternary nitrogens is 1. The first-order valence-corrected chi connectivity index (χ1v) is 12.3. The molecule has 174 valence electrons. The molecule has 0 fully saturated rings. The topological polar surface area (TPSA) is 37.5 Å². The van der Waals surface area contributed by atoms with Gasteiger partial charge in [0.05, 0.1) is 25.3 Å². The lowest BCUT2D eigenvalue weighted by Gasteiger charge is -2.21. The lowest BCUT2D eigenvalue weighted by molar-refractivity contribution is -0.806. The molecule has 2 N–H and O–H groups in total. The SMILES string of the molecule is CCCCCCOc1ccc(C(=N)[NH+](CCCCC)CCCCC)c2ccccc12.[Cl-]. The smallest absolute Gasteiger partial charge is 0.226 e. The van der Waals surface area contributed by atoms with Crippen LogP contribution in [-0.2, 0) is 0 Å². The van der Waals surface area contributed by atoms with Crippen LogP contribution < -0.4 is 22.0 Å². The van der Waals surface area contributed by atoms with Crippen molar-refractivity contribution < 1.29 is 22.0 Å². The van der Waals surface area contributed by atoms with E-state index in [1.54, 1.807) is 0 Å². The highest BCUT2D eigenvalue weighted by Gasteiger charge is 2.20. The van der Waals surface area contributed by atoms with E-state index in [2.05, 4.69) is 57.2 Å². The Morgan fingerprint density at radius 1 is 0.742 bits per heavy atom. The zero-order valence-corrected chi connectivity index (χ0v) is 20.7. The maximum Gasteiger partial charge on any atom is 0.226 e. The van der Waals surface area contributed by atoms with E-state index in [4.69, 9.17) is 10.1 Å². The van der Waals surface area contributed by atoms with Crippen LogP contribution in [0.3, 0.4) is 0 Å². The zero-order valence-electron chi connectivity index (χ0n) is 19.9. The van der Waals surface area contributed by atoms with Crippen molar-refractivity contribution in [1.29, 1.82) is 5.41 Å². The number of hydrogen-bond donors (Lipinski definition) is 2. The van der Waals surface area contributed by atoms with Crippen LogP contribution >= 0.6 is 0 Å². The largest absolute Gasteiger partial charge is 1.00 e. The van der Waals surface area contributed by atoms with Crippen molar-refractivity contribution in [3.63, 3.8) is 0 Å². The molecule has 4 heteroatoms. The lowest BCUT2D eigenvalue weighted by Crippen LogP contribution is -3.14. The molecule has 0 aliphatic rings. The molecule has 0 heterocycles. The van der Waals surface area contributed by atoms with Crippen molar-refractivity contribution in [2.24, 2.45) is 0 Å². The van der Waals surface area contributed by atoms with Crippen LogP contribution in [0.15, 0.2) is 36.4 Å². The van der Waals surface area contributed by atoms with Gasteiger partial charge < -0.3 is 17.1 Å². The highest BCUT2D eigenvalue weighted by Crippen LogP contribution is 2.28. The number of rotatable bonds is 15. The van der Waals surface area contributed by atoms with Crippen LogP contribution in [0.2, 0.25) is 0 Å². The quantitative estimate of drug-likeness (QED) is 0.245. The summed E-state index contributed by atoms with van der Waals surface area (Å²) in [5.74, 6) is 1.70. The first-order valence-electron chi connectivity index (χ1n) is 12.3. The average Bonchev–Trinajstić information content (AvgIpc) is 2.77. The molecule has 0 saturated heterocycles. The third-order valence-electron chi connectivity index (χ3n) is 5.93. The molecule has 2 aromatic carbocycles. The summed E-state index contributed by atoms with van der Waals surface area (Å²) in [5, 5.41) is 11.3. The molecule has 31 heavy (non-hydrogen) atoms. The van der Waals surface area contributed by atoms with E-state index in [1.807, 2.05) is 0 Å². The molecule has 0 saturated carbocycles. The van der Waals surface area contributed by atoms with E-state index in [1.165, 1.54) is 62.7 Å². The van der Waals surface area contributed by atoms with E-state index in [-0.39, 0.29) is 12.4 Å². The fourth-order valence-corrected chi connectivity index (χ4v) is 4.07. The van der Waals surface area contributed by atoms with Crippen molar-refractivity contribution >= 4 is 16.6 Å². The van der Waals surface area contributed by atoms with Gasteiger partial charge in [-0.3, -0.25) is 10.3 Å². The molecule has 0 radical (unpaired) electrons. The van der Waals surface area contributed by atoms with Crippen LogP contribution in [0.5, 0.6) is 5.75 Å². The molecule has 0 unspecified atom stereocenters. The fourth-order valence-electron chi connectivity index (χ4n) is 4.07. The van der Waals surface area contributed by atoms with Gasteiger partial charge >= 0.3 is 0 Å². The van der Waals surface area contributed by atoms with E-state index in [0.717, 1.165) is 54.0 Å². The van der Waals surface area contributed by atoms with Gasteiger partial charge in [-0.05, 0) is 44.2 Å². The van der Waals surface area contributed by atoms with Crippen LogP contribution in [0.25, 0.3) is 10.8 Å². The molecule has 0 amide bonds. The maximum atomic E-state index is 9.05. The van der Waals surface area contributed by atoms with E-state index < -0.39 is 0 Å². The Kier molecular flexibility index (Phi) is 14.3. The van der Waals surface area contributed by atoms with Crippen molar-refractivity contribution in [2.75, 3.05) is 19.7 Å².